The summed E-state index contributed by atoms with van der Waals surface area (Å²) >= 11 is 1.72. The molecule has 0 atom stereocenters. The van der Waals surface area contributed by atoms with Crippen molar-refractivity contribution in [2.24, 2.45) is 4.99 Å². The van der Waals surface area contributed by atoms with Gasteiger partial charge in [-0.05, 0) is 26.3 Å². The summed E-state index contributed by atoms with van der Waals surface area (Å²) < 4.78 is 0. The van der Waals surface area contributed by atoms with Crippen molar-refractivity contribution in [3.8, 4) is 0 Å². The van der Waals surface area contributed by atoms with E-state index in [0.717, 1.165) is 29.8 Å². The van der Waals surface area contributed by atoms with Crippen LogP contribution in [0.1, 0.15) is 41.9 Å². The summed E-state index contributed by atoms with van der Waals surface area (Å²) in [7, 11) is 0. The van der Waals surface area contributed by atoms with Crippen LogP contribution < -0.4 is 10.6 Å². The first-order valence-electron chi connectivity index (χ1n) is 8.43. The zero-order chi connectivity index (χ0) is 17.6. The van der Waals surface area contributed by atoms with Crippen molar-refractivity contribution in [3.63, 3.8) is 0 Å². The molecule has 0 unspecified atom stereocenters. The van der Waals surface area contributed by atoms with E-state index < -0.39 is 0 Å². The van der Waals surface area contributed by atoms with Crippen LogP contribution >= 0.6 is 11.3 Å². The van der Waals surface area contributed by atoms with Crippen LogP contribution in [0.4, 0.5) is 0 Å². The fourth-order valence-corrected chi connectivity index (χ4v) is 3.37. The molecule has 2 aromatic rings. The lowest BCUT2D eigenvalue weighted by Gasteiger charge is -2.26. The molecule has 4 nitrogen and oxygen atoms in total. The topological polar surface area (TPSA) is 49.3 Å². The number of nitrogens with zero attached hydrogens (tertiary/aromatic N) is 2. The van der Waals surface area contributed by atoms with E-state index >= 15 is 0 Å². The fourth-order valence-electron chi connectivity index (χ4n) is 2.51. The number of thiazole rings is 1. The van der Waals surface area contributed by atoms with Gasteiger partial charge in [-0.25, -0.2) is 9.98 Å². The van der Waals surface area contributed by atoms with Gasteiger partial charge in [0.15, 0.2) is 5.96 Å². The minimum Gasteiger partial charge on any atom is -0.357 e. The highest BCUT2D eigenvalue weighted by Crippen LogP contribution is 2.21. The monoisotopic (exact) mass is 344 g/mol. The van der Waals surface area contributed by atoms with Crippen LogP contribution in [0.25, 0.3) is 0 Å². The summed E-state index contributed by atoms with van der Waals surface area (Å²) in [6.45, 7) is 13.0. The standard InChI is InChI=1S/C19H28N4S/c1-6-20-18(21-12-17-14(2)23-15(3)24-17)22-13-19(4,5)16-10-8-7-9-11-16/h7-11H,6,12-13H2,1-5H3,(H2,20,21,22). The fraction of sp³-hybridized carbons (Fsp3) is 0.474. The second-order valence-corrected chi connectivity index (χ2v) is 7.83. The molecule has 2 rings (SSSR count). The normalized spacial score (nSPS) is 12.3. The number of aliphatic imine (C=N–C) groups is 1. The third kappa shape index (κ3) is 5.06. The number of guanidine groups is 1. The van der Waals surface area contributed by atoms with E-state index in [1.54, 1.807) is 11.3 Å². The Labute approximate surface area is 149 Å². The van der Waals surface area contributed by atoms with Crippen LogP contribution in [0.3, 0.4) is 0 Å². The molecule has 0 aliphatic rings. The van der Waals surface area contributed by atoms with E-state index in [-0.39, 0.29) is 5.41 Å². The highest BCUT2D eigenvalue weighted by atomic mass is 32.1. The molecular formula is C19H28N4S. The second kappa shape index (κ2) is 8.29. The third-order valence-electron chi connectivity index (χ3n) is 3.98. The maximum atomic E-state index is 4.72. The van der Waals surface area contributed by atoms with Crippen molar-refractivity contribution in [1.29, 1.82) is 0 Å². The van der Waals surface area contributed by atoms with E-state index in [0.29, 0.717) is 6.54 Å². The van der Waals surface area contributed by atoms with Gasteiger partial charge in [-0.15, -0.1) is 11.3 Å². The first-order valence-corrected chi connectivity index (χ1v) is 9.24. The molecule has 2 N–H and O–H groups in total. The van der Waals surface area contributed by atoms with Gasteiger partial charge in [0.2, 0.25) is 0 Å². The maximum Gasteiger partial charge on any atom is 0.191 e. The van der Waals surface area contributed by atoms with Gasteiger partial charge < -0.3 is 10.6 Å². The Balaban J connectivity index is 2.02. The number of nitrogens with one attached hydrogen (secondary N) is 2. The highest BCUT2D eigenvalue weighted by molar-refractivity contribution is 7.11. The summed E-state index contributed by atoms with van der Waals surface area (Å²) in [5, 5.41) is 7.90. The lowest BCUT2D eigenvalue weighted by atomic mass is 9.85. The van der Waals surface area contributed by atoms with Gasteiger partial charge in [0.1, 0.15) is 0 Å². The molecule has 130 valence electrons. The van der Waals surface area contributed by atoms with Gasteiger partial charge in [-0.3, -0.25) is 0 Å². The van der Waals surface area contributed by atoms with Gasteiger partial charge in [-0.1, -0.05) is 44.2 Å². The smallest absolute Gasteiger partial charge is 0.191 e. The van der Waals surface area contributed by atoms with E-state index in [4.69, 9.17) is 4.99 Å². The Kier molecular flexibility index (Phi) is 6.37. The summed E-state index contributed by atoms with van der Waals surface area (Å²) in [5.74, 6) is 0.854. The van der Waals surface area contributed by atoms with Crippen LogP contribution in [-0.2, 0) is 12.0 Å². The molecule has 5 heteroatoms. The summed E-state index contributed by atoms with van der Waals surface area (Å²) in [4.78, 5) is 10.4. The number of aromatic nitrogens is 1. The minimum absolute atomic E-state index is 0.0362. The van der Waals surface area contributed by atoms with E-state index in [9.17, 15) is 0 Å². The van der Waals surface area contributed by atoms with Crippen LogP contribution in [-0.4, -0.2) is 24.0 Å². The molecule has 24 heavy (non-hydrogen) atoms. The number of aryl methyl sites for hydroxylation is 2. The van der Waals surface area contributed by atoms with Gasteiger partial charge in [0, 0.05) is 23.4 Å². The predicted octanol–water partition coefficient (Wildman–Crippen LogP) is 3.79. The zero-order valence-electron chi connectivity index (χ0n) is 15.3. The first kappa shape index (κ1) is 18.5. The van der Waals surface area contributed by atoms with Gasteiger partial charge in [-0.2, -0.15) is 0 Å². The Hall–Kier alpha value is -1.88. The van der Waals surface area contributed by atoms with Crippen molar-refractivity contribution in [2.75, 3.05) is 13.1 Å². The average Bonchev–Trinajstić information content (AvgIpc) is 2.88. The van der Waals surface area contributed by atoms with Crippen LogP contribution in [0.15, 0.2) is 35.3 Å². The molecule has 0 saturated heterocycles. The third-order valence-corrected chi connectivity index (χ3v) is 5.04. The van der Waals surface area contributed by atoms with Crippen LogP contribution in [0.2, 0.25) is 0 Å². The van der Waals surface area contributed by atoms with E-state index in [2.05, 4.69) is 66.7 Å². The minimum atomic E-state index is 0.0362. The number of hydrogen-bond acceptors (Lipinski definition) is 3. The quantitative estimate of drug-likeness (QED) is 0.619. The highest BCUT2D eigenvalue weighted by Gasteiger charge is 2.20. The zero-order valence-corrected chi connectivity index (χ0v) is 16.1. The molecule has 1 aromatic heterocycles. The van der Waals surface area contributed by atoms with Gasteiger partial charge in [0.05, 0.1) is 17.2 Å². The molecule has 0 aliphatic carbocycles. The number of benzene rings is 1. The average molecular weight is 345 g/mol. The molecule has 0 spiro atoms. The Morgan fingerprint density at radius 3 is 2.46 bits per heavy atom. The van der Waals surface area contributed by atoms with Crippen molar-refractivity contribution in [2.45, 2.75) is 46.6 Å². The molecule has 0 radical (unpaired) electrons. The van der Waals surface area contributed by atoms with Gasteiger partial charge in [0.25, 0.3) is 0 Å². The van der Waals surface area contributed by atoms with Crippen LogP contribution in [0, 0.1) is 13.8 Å². The maximum absolute atomic E-state index is 4.72. The molecule has 1 heterocycles. The Morgan fingerprint density at radius 1 is 1.17 bits per heavy atom. The summed E-state index contributed by atoms with van der Waals surface area (Å²) in [6.07, 6.45) is 0. The molecule has 0 fully saturated rings. The molecule has 0 bridgehead atoms. The molecule has 0 amide bonds. The second-order valence-electron chi connectivity index (χ2n) is 6.54. The van der Waals surface area contributed by atoms with E-state index in [1.165, 1.54) is 10.4 Å². The predicted molar refractivity (Wildman–Crippen MR) is 104 cm³/mol. The lowest BCUT2D eigenvalue weighted by Crippen LogP contribution is -2.43. The van der Waals surface area contributed by atoms with Crippen molar-refractivity contribution in [1.82, 2.24) is 15.6 Å². The molecule has 0 saturated carbocycles. The van der Waals surface area contributed by atoms with Crippen LogP contribution in [0.5, 0.6) is 0 Å². The Morgan fingerprint density at radius 2 is 1.88 bits per heavy atom. The summed E-state index contributed by atoms with van der Waals surface area (Å²) in [5.41, 5.74) is 2.44. The van der Waals surface area contributed by atoms with Crippen molar-refractivity contribution in [3.05, 3.63) is 51.5 Å². The van der Waals surface area contributed by atoms with Crippen molar-refractivity contribution >= 4 is 17.3 Å². The molecule has 1 aromatic carbocycles. The van der Waals surface area contributed by atoms with Gasteiger partial charge >= 0.3 is 0 Å². The lowest BCUT2D eigenvalue weighted by molar-refractivity contribution is 0.508. The van der Waals surface area contributed by atoms with E-state index in [1.807, 2.05) is 13.8 Å². The molecular weight excluding hydrogens is 316 g/mol. The number of hydrogen-bond donors (Lipinski definition) is 2. The summed E-state index contributed by atoms with van der Waals surface area (Å²) in [6, 6.07) is 10.6. The Bertz CT molecular complexity index is 674. The first-order chi connectivity index (χ1) is 11.4. The number of rotatable bonds is 6. The SMILES string of the molecule is CCNC(=NCc1sc(C)nc1C)NCC(C)(C)c1ccccc1. The molecule has 0 aliphatic heterocycles. The largest absolute Gasteiger partial charge is 0.357 e. The van der Waals surface area contributed by atoms with Crippen molar-refractivity contribution < 1.29 is 0 Å².